The molecule has 25 heavy (non-hydrogen) atoms. The molecule has 1 N–H and O–H groups in total. The molecule has 1 aromatic heterocycles. The van der Waals surface area contributed by atoms with Gasteiger partial charge in [0.05, 0.1) is 18.7 Å². The van der Waals surface area contributed by atoms with Gasteiger partial charge in [-0.2, -0.15) is 0 Å². The first kappa shape index (κ1) is 17.1. The molecular weight excluding hydrogens is 336 g/mol. The molecule has 0 bridgehead atoms. The Morgan fingerprint density at radius 1 is 1.16 bits per heavy atom. The van der Waals surface area contributed by atoms with Crippen LogP contribution in [0.1, 0.15) is 27.9 Å². The summed E-state index contributed by atoms with van der Waals surface area (Å²) in [5.74, 6) is -0.577. The van der Waals surface area contributed by atoms with Crippen molar-refractivity contribution in [2.24, 2.45) is 0 Å². The van der Waals surface area contributed by atoms with Crippen LogP contribution in [0.5, 0.6) is 0 Å². The summed E-state index contributed by atoms with van der Waals surface area (Å²) < 4.78 is 4.98. The molecule has 0 spiro atoms. The van der Waals surface area contributed by atoms with Crippen LogP contribution in [0.25, 0.3) is 10.8 Å². The van der Waals surface area contributed by atoms with E-state index in [1.165, 1.54) is 0 Å². The average Bonchev–Trinajstić information content (AvgIpc) is 2.95. The zero-order valence-electron chi connectivity index (χ0n) is 14.0. The van der Waals surface area contributed by atoms with Gasteiger partial charge in [-0.3, -0.25) is 4.79 Å². The minimum absolute atomic E-state index is 0.167. The van der Waals surface area contributed by atoms with E-state index < -0.39 is 5.97 Å². The van der Waals surface area contributed by atoms with Crippen LogP contribution in [0.15, 0.2) is 42.5 Å². The number of esters is 1. The monoisotopic (exact) mass is 354 g/mol. The molecule has 0 unspecified atom stereocenters. The number of carbonyl (C=O) groups excluding carboxylic acids is 2. The lowest BCUT2D eigenvalue weighted by Gasteiger charge is -2.04. The number of amides is 1. The third kappa shape index (κ3) is 4.03. The summed E-state index contributed by atoms with van der Waals surface area (Å²) in [5, 5.41) is 5.41. The van der Waals surface area contributed by atoms with Crippen LogP contribution in [-0.4, -0.2) is 23.5 Å². The molecule has 0 radical (unpaired) electrons. The van der Waals surface area contributed by atoms with Gasteiger partial charge in [0.2, 0.25) is 5.91 Å². The lowest BCUT2D eigenvalue weighted by Crippen LogP contribution is -2.14. The van der Waals surface area contributed by atoms with Crippen molar-refractivity contribution in [3.8, 4) is 0 Å². The number of fused-ring (bicyclic) bond motifs is 1. The van der Waals surface area contributed by atoms with E-state index in [0.29, 0.717) is 22.3 Å². The molecule has 3 aromatic rings. The van der Waals surface area contributed by atoms with Gasteiger partial charge in [0.25, 0.3) is 0 Å². The van der Waals surface area contributed by atoms with Crippen LogP contribution in [0.3, 0.4) is 0 Å². The van der Waals surface area contributed by atoms with Gasteiger partial charge in [0.1, 0.15) is 4.88 Å². The fraction of sp³-hybridized carbons (Fsp3) is 0.211. The summed E-state index contributed by atoms with van der Waals surface area (Å²) in [6.07, 6.45) is 0.248. The Morgan fingerprint density at radius 3 is 2.68 bits per heavy atom. The fourth-order valence-electron chi connectivity index (χ4n) is 2.53. The third-order valence-electron chi connectivity index (χ3n) is 3.68. The number of nitrogens with one attached hydrogen (secondary N) is 1. The van der Waals surface area contributed by atoms with Gasteiger partial charge >= 0.3 is 5.97 Å². The van der Waals surface area contributed by atoms with Crippen LogP contribution < -0.4 is 5.32 Å². The summed E-state index contributed by atoms with van der Waals surface area (Å²) in [5.41, 5.74) is 1.49. The molecule has 6 heteroatoms. The molecule has 0 atom stereocenters. The third-order valence-corrected chi connectivity index (χ3v) is 4.74. The standard InChI is InChI=1S/C19H18N2O3S/c1-3-24-18(23)17-12(2)20-19(25-17)21-16(22)11-13-8-9-14-6-4-5-7-15(14)10-13/h4-10H,3,11H2,1-2H3,(H,20,21,22). The van der Waals surface area contributed by atoms with Crippen molar-refractivity contribution in [1.29, 1.82) is 0 Å². The Labute approximate surface area is 149 Å². The number of hydrogen-bond acceptors (Lipinski definition) is 5. The number of anilines is 1. The summed E-state index contributed by atoms with van der Waals surface area (Å²) in [6, 6.07) is 14.0. The topological polar surface area (TPSA) is 68.3 Å². The second-order valence-corrected chi connectivity index (χ2v) is 6.56. The Balaban J connectivity index is 1.69. The number of aromatic nitrogens is 1. The lowest BCUT2D eigenvalue weighted by atomic mass is 10.1. The first-order valence-electron chi connectivity index (χ1n) is 7.99. The van der Waals surface area contributed by atoms with Crippen LogP contribution >= 0.6 is 11.3 Å². The highest BCUT2D eigenvalue weighted by Gasteiger charge is 2.17. The van der Waals surface area contributed by atoms with Crippen molar-refractivity contribution in [3.63, 3.8) is 0 Å². The van der Waals surface area contributed by atoms with Crippen molar-refractivity contribution >= 4 is 39.1 Å². The maximum atomic E-state index is 12.3. The van der Waals surface area contributed by atoms with Gasteiger partial charge in [-0.05, 0) is 30.2 Å². The maximum Gasteiger partial charge on any atom is 0.350 e. The number of aryl methyl sites for hydroxylation is 1. The van der Waals surface area contributed by atoms with Crippen molar-refractivity contribution in [1.82, 2.24) is 4.98 Å². The van der Waals surface area contributed by atoms with E-state index >= 15 is 0 Å². The largest absolute Gasteiger partial charge is 0.462 e. The molecule has 128 valence electrons. The minimum atomic E-state index is -0.410. The quantitative estimate of drug-likeness (QED) is 0.704. The Hall–Kier alpha value is -2.73. The van der Waals surface area contributed by atoms with Crippen LogP contribution in [-0.2, 0) is 16.0 Å². The van der Waals surface area contributed by atoms with Gasteiger partial charge in [-0.1, -0.05) is 53.8 Å². The first-order chi connectivity index (χ1) is 12.1. The van der Waals surface area contributed by atoms with Crippen molar-refractivity contribution < 1.29 is 14.3 Å². The number of ether oxygens (including phenoxy) is 1. The number of carbonyl (C=O) groups is 2. The van der Waals surface area contributed by atoms with Gasteiger partial charge in [0, 0.05) is 0 Å². The van der Waals surface area contributed by atoms with Crippen molar-refractivity contribution in [3.05, 3.63) is 58.6 Å². The Kier molecular flexibility index (Phi) is 5.09. The van der Waals surface area contributed by atoms with Gasteiger partial charge < -0.3 is 10.1 Å². The molecular formula is C19H18N2O3S. The molecule has 1 heterocycles. The maximum absolute atomic E-state index is 12.3. The average molecular weight is 354 g/mol. The van der Waals surface area contributed by atoms with Gasteiger partial charge in [0.15, 0.2) is 5.13 Å². The number of hydrogen-bond donors (Lipinski definition) is 1. The van der Waals surface area contributed by atoms with Crippen LogP contribution in [0.4, 0.5) is 5.13 Å². The highest BCUT2D eigenvalue weighted by molar-refractivity contribution is 7.17. The summed E-state index contributed by atoms with van der Waals surface area (Å²) in [6.45, 7) is 3.78. The highest BCUT2D eigenvalue weighted by Crippen LogP contribution is 2.24. The molecule has 0 aliphatic rings. The molecule has 1 amide bonds. The second-order valence-electron chi connectivity index (χ2n) is 5.56. The summed E-state index contributed by atoms with van der Waals surface area (Å²) in [7, 11) is 0. The van der Waals surface area contributed by atoms with E-state index in [1.807, 2.05) is 42.5 Å². The predicted octanol–water partition coefficient (Wildman–Crippen LogP) is 3.96. The summed E-state index contributed by atoms with van der Waals surface area (Å²) >= 11 is 1.13. The van der Waals surface area contributed by atoms with E-state index in [2.05, 4.69) is 10.3 Å². The van der Waals surface area contributed by atoms with E-state index in [9.17, 15) is 9.59 Å². The van der Waals surface area contributed by atoms with Crippen molar-refractivity contribution in [2.75, 3.05) is 11.9 Å². The molecule has 0 aliphatic carbocycles. The van der Waals surface area contributed by atoms with E-state index in [4.69, 9.17) is 4.74 Å². The Morgan fingerprint density at radius 2 is 1.92 bits per heavy atom. The molecule has 0 aliphatic heterocycles. The zero-order valence-corrected chi connectivity index (χ0v) is 14.9. The molecule has 3 rings (SSSR count). The van der Waals surface area contributed by atoms with Crippen LogP contribution in [0.2, 0.25) is 0 Å². The molecule has 2 aromatic carbocycles. The predicted molar refractivity (Wildman–Crippen MR) is 99.1 cm³/mol. The van der Waals surface area contributed by atoms with Crippen LogP contribution in [0, 0.1) is 6.92 Å². The number of benzene rings is 2. The smallest absolute Gasteiger partial charge is 0.350 e. The second kappa shape index (κ2) is 7.44. The molecule has 0 saturated heterocycles. The lowest BCUT2D eigenvalue weighted by molar-refractivity contribution is -0.115. The first-order valence-corrected chi connectivity index (χ1v) is 8.80. The Bertz CT molecular complexity index is 933. The zero-order chi connectivity index (χ0) is 17.8. The minimum Gasteiger partial charge on any atom is -0.462 e. The number of thiazole rings is 1. The summed E-state index contributed by atoms with van der Waals surface area (Å²) in [4.78, 5) is 28.7. The van der Waals surface area contributed by atoms with Gasteiger partial charge in [-0.15, -0.1) is 0 Å². The van der Waals surface area contributed by atoms with Gasteiger partial charge in [-0.25, -0.2) is 9.78 Å². The number of rotatable bonds is 5. The molecule has 5 nitrogen and oxygen atoms in total. The van der Waals surface area contributed by atoms with E-state index in [-0.39, 0.29) is 12.3 Å². The van der Waals surface area contributed by atoms with Crippen molar-refractivity contribution in [2.45, 2.75) is 20.3 Å². The highest BCUT2D eigenvalue weighted by atomic mass is 32.1. The normalized spacial score (nSPS) is 10.6. The fourth-order valence-corrected chi connectivity index (χ4v) is 3.41. The SMILES string of the molecule is CCOC(=O)c1sc(NC(=O)Cc2ccc3ccccc3c2)nc1C. The molecule has 0 saturated carbocycles. The van der Waals surface area contributed by atoms with E-state index in [0.717, 1.165) is 27.7 Å². The van der Waals surface area contributed by atoms with E-state index in [1.54, 1.807) is 13.8 Å². The molecule has 0 fully saturated rings. The number of nitrogens with zero attached hydrogens (tertiary/aromatic N) is 1.